The van der Waals surface area contributed by atoms with Crippen molar-refractivity contribution in [3.05, 3.63) is 53.6 Å². The fourth-order valence-electron chi connectivity index (χ4n) is 2.58. The van der Waals surface area contributed by atoms with Crippen LogP contribution in [-0.4, -0.2) is 15.2 Å². The van der Waals surface area contributed by atoms with Gasteiger partial charge in [0.1, 0.15) is 0 Å². The molecule has 1 aliphatic rings. The van der Waals surface area contributed by atoms with Gasteiger partial charge in [-0.2, -0.15) is 0 Å². The van der Waals surface area contributed by atoms with Gasteiger partial charge in [-0.25, -0.2) is 13.1 Å². The fraction of sp³-hybridized carbons (Fsp3) is 0.333. The Bertz CT molecular complexity index is 829. The topological polar surface area (TPSA) is 64.6 Å². The van der Waals surface area contributed by atoms with E-state index in [-0.39, 0.29) is 17.7 Å². The molecule has 0 amide bonds. The van der Waals surface area contributed by atoms with Crippen LogP contribution in [-0.2, 0) is 10.0 Å². The summed E-state index contributed by atoms with van der Waals surface area (Å²) in [5, 5.41) is 0. The van der Waals surface area contributed by atoms with Crippen molar-refractivity contribution in [1.29, 1.82) is 0 Å². The summed E-state index contributed by atoms with van der Waals surface area (Å²) in [5.41, 5.74) is 1.93. The highest BCUT2D eigenvalue weighted by Crippen LogP contribution is 2.34. The van der Waals surface area contributed by atoms with Crippen molar-refractivity contribution in [2.24, 2.45) is 0 Å². The van der Waals surface area contributed by atoms with Crippen molar-refractivity contribution in [1.82, 2.24) is 4.72 Å². The maximum Gasteiger partial charge on any atom is 0.241 e. The van der Waals surface area contributed by atoms with Gasteiger partial charge in [-0.15, -0.1) is 0 Å². The molecule has 24 heavy (non-hydrogen) atoms. The van der Waals surface area contributed by atoms with Gasteiger partial charge in [-0.1, -0.05) is 32.0 Å². The van der Waals surface area contributed by atoms with Gasteiger partial charge in [-0.05, 0) is 48.2 Å². The van der Waals surface area contributed by atoms with E-state index in [1.807, 2.05) is 18.2 Å². The van der Waals surface area contributed by atoms with Crippen LogP contribution in [0.3, 0.4) is 0 Å². The van der Waals surface area contributed by atoms with Gasteiger partial charge < -0.3 is 9.47 Å². The molecule has 1 unspecified atom stereocenters. The lowest BCUT2D eigenvalue weighted by Gasteiger charge is -2.15. The van der Waals surface area contributed by atoms with Crippen molar-refractivity contribution >= 4 is 10.0 Å². The molecule has 0 spiro atoms. The number of hydrogen-bond acceptors (Lipinski definition) is 4. The van der Waals surface area contributed by atoms with E-state index in [0.717, 1.165) is 11.1 Å². The lowest BCUT2D eigenvalue weighted by atomic mass is 10.0. The molecule has 0 fully saturated rings. The van der Waals surface area contributed by atoms with Crippen LogP contribution in [0.4, 0.5) is 0 Å². The summed E-state index contributed by atoms with van der Waals surface area (Å²) in [7, 11) is -3.59. The molecule has 2 aromatic carbocycles. The molecule has 6 heteroatoms. The first-order valence-electron chi connectivity index (χ1n) is 7.88. The number of hydrogen-bond donors (Lipinski definition) is 1. The predicted octanol–water partition coefficient (Wildman–Crippen LogP) is 3.58. The number of fused-ring (bicyclic) bond motifs is 1. The average molecular weight is 347 g/mol. The second-order valence-corrected chi connectivity index (χ2v) is 7.89. The fourth-order valence-corrected chi connectivity index (χ4v) is 3.82. The molecule has 5 nitrogen and oxygen atoms in total. The Balaban J connectivity index is 1.78. The molecule has 1 heterocycles. The van der Waals surface area contributed by atoms with Gasteiger partial charge in [0.2, 0.25) is 16.8 Å². The van der Waals surface area contributed by atoms with Crippen LogP contribution in [0.5, 0.6) is 11.5 Å². The molecule has 0 radical (unpaired) electrons. The minimum atomic E-state index is -3.59. The van der Waals surface area contributed by atoms with E-state index in [0.29, 0.717) is 17.4 Å². The number of benzene rings is 2. The van der Waals surface area contributed by atoms with Gasteiger partial charge in [0.25, 0.3) is 0 Å². The second-order valence-electron chi connectivity index (χ2n) is 6.18. The average Bonchev–Trinajstić information content (AvgIpc) is 3.02. The Morgan fingerprint density at radius 2 is 1.54 bits per heavy atom. The zero-order chi connectivity index (χ0) is 17.3. The molecule has 128 valence electrons. The molecule has 0 saturated heterocycles. The molecule has 1 aliphatic heterocycles. The normalized spacial score (nSPS) is 14.8. The number of ether oxygens (including phenoxy) is 2. The summed E-state index contributed by atoms with van der Waals surface area (Å²) < 4.78 is 38.4. The van der Waals surface area contributed by atoms with E-state index in [4.69, 9.17) is 9.47 Å². The van der Waals surface area contributed by atoms with Gasteiger partial charge >= 0.3 is 0 Å². The van der Waals surface area contributed by atoms with Crippen LogP contribution in [0.15, 0.2) is 47.4 Å². The van der Waals surface area contributed by atoms with E-state index in [1.54, 1.807) is 31.2 Å². The Morgan fingerprint density at radius 3 is 2.21 bits per heavy atom. The van der Waals surface area contributed by atoms with Crippen molar-refractivity contribution < 1.29 is 17.9 Å². The van der Waals surface area contributed by atoms with Crippen LogP contribution < -0.4 is 14.2 Å². The van der Waals surface area contributed by atoms with Crippen LogP contribution in [0.1, 0.15) is 43.9 Å². The summed E-state index contributed by atoms with van der Waals surface area (Å²) in [4.78, 5) is 0.263. The first kappa shape index (κ1) is 16.8. The van der Waals surface area contributed by atoms with Gasteiger partial charge in [0.05, 0.1) is 4.90 Å². The summed E-state index contributed by atoms with van der Waals surface area (Å²) >= 11 is 0. The van der Waals surface area contributed by atoms with Gasteiger partial charge in [-0.3, -0.25) is 0 Å². The van der Waals surface area contributed by atoms with Crippen LogP contribution >= 0.6 is 0 Å². The van der Waals surface area contributed by atoms with E-state index in [9.17, 15) is 8.42 Å². The van der Waals surface area contributed by atoms with Crippen molar-refractivity contribution in [3.63, 3.8) is 0 Å². The first-order valence-corrected chi connectivity index (χ1v) is 9.37. The number of sulfonamides is 1. The third-order valence-corrected chi connectivity index (χ3v) is 5.64. The molecule has 0 saturated carbocycles. The van der Waals surface area contributed by atoms with Gasteiger partial charge in [0, 0.05) is 6.04 Å². The maximum absolute atomic E-state index is 12.6. The van der Waals surface area contributed by atoms with E-state index in [2.05, 4.69) is 18.6 Å². The van der Waals surface area contributed by atoms with Gasteiger partial charge in [0.15, 0.2) is 11.5 Å². The minimum Gasteiger partial charge on any atom is -0.454 e. The second kappa shape index (κ2) is 6.45. The first-order chi connectivity index (χ1) is 11.4. The highest BCUT2D eigenvalue weighted by molar-refractivity contribution is 7.89. The molecule has 0 aromatic heterocycles. The summed E-state index contributed by atoms with van der Waals surface area (Å²) in [5.74, 6) is 1.68. The van der Waals surface area contributed by atoms with E-state index in [1.165, 1.54) is 0 Å². The monoisotopic (exact) mass is 347 g/mol. The highest BCUT2D eigenvalue weighted by Gasteiger charge is 2.21. The quantitative estimate of drug-likeness (QED) is 0.898. The van der Waals surface area contributed by atoms with Crippen LogP contribution in [0.2, 0.25) is 0 Å². The lowest BCUT2D eigenvalue weighted by Crippen LogP contribution is -2.26. The molecule has 2 aromatic rings. The van der Waals surface area contributed by atoms with Crippen molar-refractivity contribution in [2.45, 2.75) is 37.6 Å². The SMILES string of the molecule is CC(C)c1ccc(S(=O)(=O)NC(C)c2ccc3c(c2)OCO3)cc1. The van der Waals surface area contributed by atoms with E-state index >= 15 is 0 Å². The Hall–Kier alpha value is -2.05. The molecule has 0 bridgehead atoms. The Morgan fingerprint density at radius 1 is 0.917 bits per heavy atom. The molecule has 1 N–H and O–H groups in total. The third kappa shape index (κ3) is 3.39. The number of rotatable bonds is 5. The van der Waals surface area contributed by atoms with Crippen molar-refractivity contribution in [3.8, 4) is 11.5 Å². The van der Waals surface area contributed by atoms with E-state index < -0.39 is 10.0 Å². The largest absolute Gasteiger partial charge is 0.454 e. The Labute approximate surface area is 142 Å². The smallest absolute Gasteiger partial charge is 0.241 e. The van der Waals surface area contributed by atoms with Crippen molar-refractivity contribution in [2.75, 3.05) is 6.79 Å². The van der Waals surface area contributed by atoms with Crippen LogP contribution in [0.25, 0.3) is 0 Å². The zero-order valence-electron chi connectivity index (χ0n) is 13.9. The highest BCUT2D eigenvalue weighted by atomic mass is 32.2. The summed E-state index contributed by atoms with van der Waals surface area (Å²) in [6.07, 6.45) is 0. The molecule has 1 atom stereocenters. The summed E-state index contributed by atoms with van der Waals surface area (Å²) in [6.45, 7) is 6.14. The number of nitrogens with one attached hydrogen (secondary N) is 1. The Kier molecular flexibility index (Phi) is 4.51. The lowest BCUT2D eigenvalue weighted by molar-refractivity contribution is 0.174. The standard InChI is InChI=1S/C18H21NO4S/c1-12(2)14-4-7-16(8-5-14)24(20,21)19-13(3)15-6-9-17-18(10-15)23-11-22-17/h4-10,12-13,19H,11H2,1-3H3. The molecular weight excluding hydrogens is 326 g/mol. The van der Waals surface area contributed by atoms with Crippen LogP contribution in [0, 0.1) is 0 Å². The molecule has 3 rings (SSSR count). The third-order valence-electron chi connectivity index (χ3n) is 4.09. The maximum atomic E-state index is 12.6. The predicted molar refractivity (Wildman–Crippen MR) is 91.8 cm³/mol. The molecule has 0 aliphatic carbocycles. The summed E-state index contributed by atoms with van der Waals surface area (Å²) in [6, 6.07) is 12.0. The minimum absolute atomic E-state index is 0.196. The zero-order valence-corrected chi connectivity index (χ0v) is 14.8. The molecular formula is C18H21NO4S.